The van der Waals surface area contributed by atoms with Crippen LogP contribution in [0.15, 0.2) is 36.0 Å². The smallest absolute Gasteiger partial charge is 0.414 e. The van der Waals surface area contributed by atoms with Crippen LogP contribution in [0.3, 0.4) is 0 Å². The van der Waals surface area contributed by atoms with Gasteiger partial charge in [-0.15, -0.1) is 16.9 Å². The van der Waals surface area contributed by atoms with Gasteiger partial charge in [-0.2, -0.15) is 5.26 Å². The Morgan fingerprint density at radius 1 is 1.34 bits per heavy atom. The van der Waals surface area contributed by atoms with Crippen molar-refractivity contribution in [3.8, 4) is 6.07 Å². The van der Waals surface area contributed by atoms with Crippen molar-refractivity contribution in [3.63, 3.8) is 0 Å². The standard InChI is InChI=1S/C22H20FN5O3S/c23-19-6-14(28-8-15(31-21(28)29)7-27-4-3-25-26-27)1-2-16(19)13-5-20(32-11-13)22(12-24)17-9-30-10-18(17)22/h1-4,6,11,15,17-18,20H,5,7-10H2/t15-,17-,18+,20?,22?/m0/s1. The van der Waals surface area contributed by atoms with Gasteiger partial charge in [0, 0.05) is 28.8 Å². The number of carbonyl (C=O) groups excluding carboxylic acids is 1. The summed E-state index contributed by atoms with van der Waals surface area (Å²) in [6, 6.07) is 7.40. The van der Waals surface area contributed by atoms with E-state index in [-0.39, 0.29) is 22.6 Å². The lowest BCUT2D eigenvalue weighted by molar-refractivity contribution is 0.129. The Kier molecular flexibility index (Phi) is 4.52. The van der Waals surface area contributed by atoms with Gasteiger partial charge in [0.1, 0.15) is 11.9 Å². The van der Waals surface area contributed by atoms with Crippen molar-refractivity contribution < 1.29 is 18.7 Å². The van der Waals surface area contributed by atoms with E-state index in [0.717, 1.165) is 5.57 Å². The molecule has 6 rings (SSSR count). The third-order valence-electron chi connectivity index (χ3n) is 7.05. The number of nitriles is 1. The maximum absolute atomic E-state index is 15.1. The molecular weight excluding hydrogens is 433 g/mol. The molecule has 3 aliphatic heterocycles. The van der Waals surface area contributed by atoms with Crippen LogP contribution in [0.4, 0.5) is 14.9 Å². The highest BCUT2D eigenvalue weighted by molar-refractivity contribution is 8.03. The van der Waals surface area contributed by atoms with Crippen LogP contribution in [-0.4, -0.2) is 52.2 Å². The van der Waals surface area contributed by atoms with Crippen molar-refractivity contribution in [2.24, 2.45) is 17.3 Å². The van der Waals surface area contributed by atoms with Gasteiger partial charge in [0.25, 0.3) is 0 Å². The maximum atomic E-state index is 15.1. The molecule has 1 aliphatic carbocycles. The van der Waals surface area contributed by atoms with Crippen LogP contribution < -0.4 is 4.90 Å². The molecule has 4 heterocycles. The second-order valence-corrected chi connectivity index (χ2v) is 9.75. The zero-order valence-electron chi connectivity index (χ0n) is 17.1. The van der Waals surface area contributed by atoms with Crippen LogP contribution in [0.1, 0.15) is 12.0 Å². The fourth-order valence-electron chi connectivity index (χ4n) is 5.32. The molecule has 0 N–H and O–H groups in total. The van der Waals surface area contributed by atoms with E-state index in [0.29, 0.717) is 55.8 Å². The van der Waals surface area contributed by atoms with E-state index in [4.69, 9.17) is 9.47 Å². The van der Waals surface area contributed by atoms with E-state index in [2.05, 4.69) is 16.4 Å². The molecular formula is C22H20FN5O3S. The first-order valence-corrected chi connectivity index (χ1v) is 11.5. The minimum Gasteiger partial charge on any atom is -0.442 e. The van der Waals surface area contributed by atoms with Crippen LogP contribution in [-0.2, 0) is 16.0 Å². The molecule has 1 saturated carbocycles. The van der Waals surface area contributed by atoms with Crippen LogP contribution in [0, 0.1) is 34.4 Å². The van der Waals surface area contributed by atoms with E-state index in [9.17, 15) is 10.1 Å². The molecule has 5 atom stereocenters. The number of halogens is 1. The zero-order chi connectivity index (χ0) is 21.9. The number of nitrogens with zero attached hydrogens (tertiary/aromatic N) is 5. The molecule has 0 radical (unpaired) electrons. The predicted octanol–water partition coefficient (Wildman–Crippen LogP) is 3.08. The molecule has 10 heteroatoms. The summed E-state index contributed by atoms with van der Waals surface area (Å²) in [4.78, 5) is 13.8. The largest absolute Gasteiger partial charge is 0.442 e. The molecule has 8 nitrogen and oxygen atoms in total. The first-order valence-electron chi connectivity index (χ1n) is 10.6. The molecule has 0 bridgehead atoms. The molecule has 1 aromatic heterocycles. The summed E-state index contributed by atoms with van der Waals surface area (Å²) in [6.07, 6.45) is 3.03. The Bertz CT molecular complexity index is 1140. The first-order chi connectivity index (χ1) is 15.6. The Morgan fingerprint density at radius 3 is 2.91 bits per heavy atom. The minimum absolute atomic E-state index is 0.131. The number of hydrogen-bond acceptors (Lipinski definition) is 7. The van der Waals surface area contributed by atoms with Crippen molar-refractivity contribution in [2.75, 3.05) is 24.7 Å². The Labute approximate surface area is 188 Å². The number of carbonyl (C=O) groups is 1. The van der Waals surface area contributed by atoms with Crippen LogP contribution in [0.25, 0.3) is 5.57 Å². The number of amides is 1. The first kappa shape index (κ1) is 19.8. The highest BCUT2D eigenvalue weighted by Gasteiger charge is 2.71. The second kappa shape index (κ2) is 7.32. The average molecular weight is 453 g/mol. The normalized spacial score (nSPS) is 33.1. The highest BCUT2D eigenvalue weighted by Crippen LogP contribution is 2.68. The number of aromatic nitrogens is 3. The number of fused-ring (bicyclic) bond motifs is 1. The fourth-order valence-corrected chi connectivity index (χ4v) is 6.78. The SMILES string of the molecule is N#CC1(C2CC(c3ccc(N4C[C@H](Cn5ccnn5)OC4=O)cc3F)=CS2)[C@@H]2COC[C@@H]21. The number of thioether (sulfide) groups is 1. The van der Waals surface area contributed by atoms with Crippen molar-refractivity contribution in [1.29, 1.82) is 5.26 Å². The van der Waals surface area contributed by atoms with Crippen LogP contribution >= 0.6 is 11.8 Å². The van der Waals surface area contributed by atoms with Gasteiger partial charge in [-0.1, -0.05) is 5.21 Å². The Hall–Kier alpha value is -2.90. The van der Waals surface area contributed by atoms with E-state index >= 15 is 4.39 Å². The molecule has 2 aromatic rings. The van der Waals surface area contributed by atoms with E-state index in [1.807, 2.05) is 5.41 Å². The highest BCUT2D eigenvalue weighted by atomic mass is 32.2. The van der Waals surface area contributed by atoms with Gasteiger partial charge >= 0.3 is 6.09 Å². The number of rotatable bonds is 5. The summed E-state index contributed by atoms with van der Waals surface area (Å²) in [6.45, 7) is 2.00. The third kappa shape index (κ3) is 2.95. The molecule has 1 aromatic carbocycles. The van der Waals surface area contributed by atoms with Crippen LogP contribution in [0.2, 0.25) is 0 Å². The zero-order valence-corrected chi connectivity index (χ0v) is 17.9. The van der Waals surface area contributed by atoms with Crippen LogP contribution in [0.5, 0.6) is 0 Å². The number of cyclic esters (lactones) is 1. The number of ether oxygens (including phenoxy) is 2. The summed E-state index contributed by atoms with van der Waals surface area (Å²) >= 11 is 1.63. The molecule has 164 valence electrons. The lowest BCUT2D eigenvalue weighted by Crippen LogP contribution is -2.26. The number of anilines is 1. The maximum Gasteiger partial charge on any atom is 0.414 e. The van der Waals surface area contributed by atoms with Gasteiger partial charge in [-0.25, -0.2) is 13.9 Å². The molecule has 32 heavy (non-hydrogen) atoms. The van der Waals surface area contributed by atoms with Gasteiger partial charge in [0.2, 0.25) is 0 Å². The van der Waals surface area contributed by atoms with Crippen molar-refractivity contribution in [3.05, 3.63) is 47.4 Å². The average Bonchev–Trinajstić information content (AvgIpc) is 3.45. The van der Waals surface area contributed by atoms with Gasteiger partial charge < -0.3 is 9.47 Å². The number of allylic oxidation sites excluding steroid dienone is 1. The van der Waals surface area contributed by atoms with Gasteiger partial charge in [0.05, 0.1) is 49.7 Å². The molecule has 0 spiro atoms. The van der Waals surface area contributed by atoms with Gasteiger partial charge in [-0.3, -0.25) is 4.90 Å². The van der Waals surface area contributed by atoms with Gasteiger partial charge in [0.15, 0.2) is 0 Å². The summed E-state index contributed by atoms with van der Waals surface area (Å²) in [5.74, 6) is 0.223. The van der Waals surface area contributed by atoms with Crippen molar-refractivity contribution >= 4 is 29.1 Å². The summed E-state index contributed by atoms with van der Waals surface area (Å²) < 4.78 is 27.6. The predicted molar refractivity (Wildman–Crippen MR) is 114 cm³/mol. The molecule has 3 fully saturated rings. The summed E-state index contributed by atoms with van der Waals surface area (Å²) in [5.41, 5.74) is 1.53. The minimum atomic E-state index is -0.503. The van der Waals surface area contributed by atoms with Crippen molar-refractivity contribution in [2.45, 2.75) is 24.3 Å². The number of benzene rings is 1. The Morgan fingerprint density at radius 2 is 2.19 bits per heavy atom. The third-order valence-corrected chi connectivity index (χ3v) is 8.36. The lowest BCUT2D eigenvalue weighted by atomic mass is 9.91. The summed E-state index contributed by atoms with van der Waals surface area (Å²) in [5, 5.41) is 19.6. The molecule has 2 unspecified atom stereocenters. The quantitative estimate of drug-likeness (QED) is 0.687. The van der Waals surface area contributed by atoms with Crippen molar-refractivity contribution in [1.82, 2.24) is 15.0 Å². The molecule has 1 amide bonds. The Balaban J connectivity index is 1.15. The second-order valence-electron chi connectivity index (χ2n) is 8.67. The lowest BCUT2D eigenvalue weighted by Gasteiger charge is -2.20. The number of hydrogen-bond donors (Lipinski definition) is 0. The van der Waals surface area contributed by atoms with E-state index in [1.165, 1.54) is 11.0 Å². The van der Waals surface area contributed by atoms with Gasteiger partial charge in [-0.05, 0) is 35.6 Å². The van der Waals surface area contributed by atoms with E-state index in [1.54, 1.807) is 41.0 Å². The summed E-state index contributed by atoms with van der Waals surface area (Å²) in [7, 11) is 0. The molecule has 2 saturated heterocycles. The van der Waals surface area contributed by atoms with E-state index < -0.39 is 6.09 Å². The fraction of sp³-hybridized carbons (Fsp3) is 0.455. The monoisotopic (exact) mass is 453 g/mol. The molecule has 4 aliphatic rings. The topological polar surface area (TPSA) is 93.3 Å².